The first-order valence-electron chi connectivity index (χ1n) is 5.91. The lowest BCUT2D eigenvalue weighted by atomic mass is 9.92. The Bertz CT molecular complexity index is 408. The predicted octanol–water partition coefficient (Wildman–Crippen LogP) is 2.37. The summed E-state index contributed by atoms with van der Waals surface area (Å²) < 4.78 is 0. The Morgan fingerprint density at radius 2 is 2.12 bits per heavy atom. The number of amides is 1. The lowest BCUT2D eigenvalue weighted by Gasteiger charge is -2.28. The Balaban J connectivity index is 2.01. The summed E-state index contributed by atoms with van der Waals surface area (Å²) in [6, 6.07) is 6.69. The number of aliphatic hydroxyl groups excluding tert-OH is 1. The van der Waals surface area contributed by atoms with Crippen LogP contribution >= 0.6 is 11.6 Å². The van der Waals surface area contributed by atoms with E-state index in [1.165, 1.54) is 0 Å². The molecule has 1 amide bonds. The zero-order valence-electron chi connectivity index (χ0n) is 9.53. The minimum absolute atomic E-state index is 0.129. The Labute approximate surface area is 106 Å². The molecule has 1 fully saturated rings. The lowest BCUT2D eigenvalue weighted by Crippen LogP contribution is -2.45. The SMILES string of the molecule is O=C(N[C@H]1CCCC[C@@H]1O)c1cccc(Cl)c1. The molecule has 0 unspecified atom stereocenters. The maximum atomic E-state index is 11.9. The molecular formula is C13H16ClNO2. The average Bonchev–Trinajstić information content (AvgIpc) is 2.32. The molecule has 1 aliphatic carbocycles. The van der Waals surface area contributed by atoms with Crippen LogP contribution in [-0.4, -0.2) is 23.2 Å². The van der Waals surface area contributed by atoms with Crippen molar-refractivity contribution in [2.24, 2.45) is 0 Å². The van der Waals surface area contributed by atoms with Crippen LogP contribution in [0.25, 0.3) is 0 Å². The van der Waals surface area contributed by atoms with Gasteiger partial charge < -0.3 is 10.4 Å². The number of hydrogen-bond donors (Lipinski definition) is 2. The van der Waals surface area contributed by atoms with Crippen LogP contribution in [0.3, 0.4) is 0 Å². The summed E-state index contributed by atoms with van der Waals surface area (Å²) in [6.45, 7) is 0. The van der Waals surface area contributed by atoms with Crippen molar-refractivity contribution in [3.05, 3.63) is 34.9 Å². The molecule has 2 atom stereocenters. The minimum atomic E-state index is -0.424. The standard InChI is InChI=1S/C13H16ClNO2/c14-10-5-3-4-9(8-10)13(17)15-11-6-1-2-7-12(11)16/h3-5,8,11-12,16H,1-2,6-7H2,(H,15,17)/t11-,12-/m0/s1. The Morgan fingerprint density at radius 3 is 2.82 bits per heavy atom. The van der Waals surface area contributed by atoms with Crippen LogP contribution in [-0.2, 0) is 0 Å². The van der Waals surface area contributed by atoms with Crippen LogP contribution < -0.4 is 5.32 Å². The van der Waals surface area contributed by atoms with E-state index in [0.29, 0.717) is 10.6 Å². The molecule has 0 radical (unpaired) electrons. The topological polar surface area (TPSA) is 49.3 Å². The first kappa shape index (κ1) is 12.4. The second kappa shape index (κ2) is 5.52. The fraction of sp³-hybridized carbons (Fsp3) is 0.462. The number of aliphatic hydroxyl groups is 1. The zero-order chi connectivity index (χ0) is 12.3. The smallest absolute Gasteiger partial charge is 0.251 e. The van der Waals surface area contributed by atoms with Crippen LogP contribution in [0.1, 0.15) is 36.0 Å². The fourth-order valence-corrected chi connectivity index (χ4v) is 2.35. The fourth-order valence-electron chi connectivity index (χ4n) is 2.16. The van der Waals surface area contributed by atoms with Gasteiger partial charge in [0, 0.05) is 10.6 Å². The summed E-state index contributed by atoms with van der Waals surface area (Å²) in [5.74, 6) is -0.168. The summed E-state index contributed by atoms with van der Waals surface area (Å²) >= 11 is 5.83. The summed E-state index contributed by atoms with van der Waals surface area (Å²) in [6.07, 6.45) is 3.27. The van der Waals surface area contributed by atoms with E-state index in [1.54, 1.807) is 24.3 Å². The van der Waals surface area contributed by atoms with Gasteiger partial charge in [0.2, 0.25) is 0 Å². The van der Waals surface area contributed by atoms with E-state index in [4.69, 9.17) is 11.6 Å². The van der Waals surface area contributed by atoms with Crippen LogP contribution in [0.15, 0.2) is 24.3 Å². The molecule has 0 heterocycles. The van der Waals surface area contributed by atoms with E-state index in [9.17, 15) is 9.90 Å². The molecule has 0 saturated heterocycles. The lowest BCUT2D eigenvalue weighted by molar-refractivity contribution is 0.0717. The van der Waals surface area contributed by atoms with Crippen molar-refractivity contribution in [1.82, 2.24) is 5.32 Å². The molecule has 17 heavy (non-hydrogen) atoms. The largest absolute Gasteiger partial charge is 0.391 e. The summed E-state index contributed by atoms with van der Waals surface area (Å²) in [5.41, 5.74) is 0.537. The van der Waals surface area contributed by atoms with Gasteiger partial charge in [0.1, 0.15) is 0 Å². The number of carbonyl (C=O) groups is 1. The number of rotatable bonds is 2. The number of benzene rings is 1. The monoisotopic (exact) mass is 253 g/mol. The highest BCUT2D eigenvalue weighted by atomic mass is 35.5. The van der Waals surface area contributed by atoms with Crippen molar-refractivity contribution in [1.29, 1.82) is 0 Å². The normalized spacial score (nSPS) is 24.4. The second-order valence-electron chi connectivity index (χ2n) is 4.44. The maximum absolute atomic E-state index is 11.9. The first-order chi connectivity index (χ1) is 8.16. The highest BCUT2D eigenvalue weighted by molar-refractivity contribution is 6.30. The number of halogens is 1. The highest BCUT2D eigenvalue weighted by Gasteiger charge is 2.24. The van der Waals surface area contributed by atoms with Crippen LogP contribution in [0.5, 0.6) is 0 Å². The third kappa shape index (κ3) is 3.20. The Kier molecular flexibility index (Phi) is 4.02. The maximum Gasteiger partial charge on any atom is 0.251 e. The average molecular weight is 254 g/mol. The van der Waals surface area contributed by atoms with Gasteiger partial charge in [-0.15, -0.1) is 0 Å². The molecule has 3 nitrogen and oxygen atoms in total. The van der Waals surface area contributed by atoms with Crippen molar-refractivity contribution in [3.63, 3.8) is 0 Å². The minimum Gasteiger partial charge on any atom is -0.391 e. The van der Waals surface area contributed by atoms with E-state index in [1.807, 2.05) is 0 Å². The molecule has 92 valence electrons. The number of nitrogens with one attached hydrogen (secondary N) is 1. The van der Waals surface area contributed by atoms with E-state index < -0.39 is 6.10 Å². The molecule has 0 bridgehead atoms. The Morgan fingerprint density at radius 1 is 1.35 bits per heavy atom. The summed E-state index contributed by atoms with van der Waals surface area (Å²) in [7, 11) is 0. The highest BCUT2D eigenvalue weighted by Crippen LogP contribution is 2.19. The van der Waals surface area contributed by atoms with Gasteiger partial charge in [0.25, 0.3) is 5.91 Å². The van der Waals surface area contributed by atoms with Gasteiger partial charge in [0.15, 0.2) is 0 Å². The molecule has 0 aromatic heterocycles. The van der Waals surface area contributed by atoms with E-state index in [-0.39, 0.29) is 11.9 Å². The molecule has 1 aliphatic rings. The molecule has 2 rings (SSSR count). The van der Waals surface area contributed by atoms with Crippen molar-refractivity contribution < 1.29 is 9.90 Å². The number of carbonyl (C=O) groups excluding carboxylic acids is 1. The second-order valence-corrected chi connectivity index (χ2v) is 4.88. The van der Waals surface area contributed by atoms with E-state index in [2.05, 4.69) is 5.32 Å². The van der Waals surface area contributed by atoms with Gasteiger partial charge in [-0.25, -0.2) is 0 Å². The Hall–Kier alpha value is -1.06. The quantitative estimate of drug-likeness (QED) is 0.850. The van der Waals surface area contributed by atoms with Gasteiger partial charge in [-0.3, -0.25) is 4.79 Å². The third-order valence-corrected chi connectivity index (χ3v) is 3.37. The molecular weight excluding hydrogens is 238 g/mol. The third-order valence-electron chi connectivity index (χ3n) is 3.13. The zero-order valence-corrected chi connectivity index (χ0v) is 10.3. The van der Waals surface area contributed by atoms with E-state index in [0.717, 1.165) is 25.7 Å². The van der Waals surface area contributed by atoms with Crippen molar-refractivity contribution >= 4 is 17.5 Å². The van der Waals surface area contributed by atoms with Crippen molar-refractivity contribution in [3.8, 4) is 0 Å². The van der Waals surface area contributed by atoms with Crippen molar-refractivity contribution in [2.45, 2.75) is 37.8 Å². The van der Waals surface area contributed by atoms with Crippen LogP contribution in [0.2, 0.25) is 5.02 Å². The molecule has 4 heteroatoms. The van der Waals surface area contributed by atoms with Gasteiger partial charge >= 0.3 is 0 Å². The molecule has 1 aromatic carbocycles. The molecule has 0 aliphatic heterocycles. The summed E-state index contributed by atoms with van der Waals surface area (Å²) in [4.78, 5) is 11.9. The molecule has 2 N–H and O–H groups in total. The predicted molar refractivity (Wildman–Crippen MR) is 67.2 cm³/mol. The van der Waals surface area contributed by atoms with Crippen LogP contribution in [0, 0.1) is 0 Å². The van der Waals surface area contributed by atoms with Crippen LogP contribution in [0.4, 0.5) is 0 Å². The number of hydrogen-bond acceptors (Lipinski definition) is 2. The molecule has 0 spiro atoms. The van der Waals surface area contributed by atoms with Crippen molar-refractivity contribution in [2.75, 3.05) is 0 Å². The molecule has 1 aromatic rings. The van der Waals surface area contributed by atoms with Gasteiger partial charge in [-0.05, 0) is 31.0 Å². The first-order valence-corrected chi connectivity index (χ1v) is 6.29. The van der Waals surface area contributed by atoms with E-state index >= 15 is 0 Å². The van der Waals surface area contributed by atoms with Gasteiger partial charge in [0.05, 0.1) is 12.1 Å². The molecule has 1 saturated carbocycles. The van der Waals surface area contributed by atoms with Gasteiger partial charge in [-0.2, -0.15) is 0 Å². The summed E-state index contributed by atoms with van der Waals surface area (Å²) in [5, 5.41) is 13.2. The van der Waals surface area contributed by atoms with Gasteiger partial charge in [-0.1, -0.05) is 30.5 Å².